The Balaban J connectivity index is 1.75. The number of hydrogen-bond acceptors (Lipinski definition) is 6. The van der Waals surface area contributed by atoms with Crippen LogP contribution in [0.3, 0.4) is 0 Å². The number of nitrogens with one attached hydrogen (secondary N) is 2. The van der Waals surface area contributed by atoms with Crippen LogP contribution in [0.2, 0.25) is 0 Å². The van der Waals surface area contributed by atoms with Gasteiger partial charge in [-0.05, 0) is 58.7 Å². The quantitative estimate of drug-likeness (QED) is 0.706. The molecule has 0 radical (unpaired) electrons. The van der Waals surface area contributed by atoms with E-state index >= 15 is 0 Å². The van der Waals surface area contributed by atoms with E-state index in [-0.39, 0.29) is 11.1 Å². The van der Waals surface area contributed by atoms with Gasteiger partial charge in [0, 0.05) is 18.5 Å². The highest BCUT2D eigenvalue weighted by Gasteiger charge is 2.23. The lowest BCUT2D eigenvalue weighted by atomic mass is 10.1. The van der Waals surface area contributed by atoms with Gasteiger partial charge in [-0.15, -0.1) is 0 Å². The number of ether oxygens (including phenoxy) is 1. The van der Waals surface area contributed by atoms with Crippen molar-refractivity contribution in [1.82, 2.24) is 20.2 Å². The van der Waals surface area contributed by atoms with Gasteiger partial charge in [0.25, 0.3) is 11.5 Å². The smallest absolute Gasteiger partial charge is 0.338 e. The normalized spacial score (nSPS) is 15.1. The first-order chi connectivity index (χ1) is 15.0. The van der Waals surface area contributed by atoms with Crippen LogP contribution in [0.4, 0.5) is 4.79 Å². The molecule has 1 aromatic carbocycles. The fourth-order valence-corrected chi connectivity index (χ4v) is 3.59. The number of fused-ring (bicyclic) bond motifs is 2. The molecule has 0 spiro atoms. The molecule has 1 aliphatic rings. The van der Waals surface area contributed by atoms with E-state index in [0.29, 0.717) is 23.9 Å². The fourth-order valence-electron chi connectivity index (χ4n) is 3.59. The Morgan fingerprint density at radius 2 is 1.84 bits per heavy atom. The molecule has 0 aliphatic carbocycles. The molecule has 2 aromatic rings. The Bertz CT molecular complexity index is 1100. The summed E-state index contributed by atoms with van der Waals surface area (Å²) in [5.41, 5.74) is -0.0142. The number of aryl methyl sites for hydroxylation is 1. The van der Waals surface area contributed by atoms with Crippen molar-refractivity contribution >= 4 is 28.8 Å². The fraction of sp³-hybridized carbons (Fsp3) is 0.522. The minimum atomic E-state index is -1.18. The van der Waals surface area contributed by atoms with E-state index in [0.717, 1.165) is 31.5 Å². The molecule has 2 heterocycles. The van der Waals surface area contributed by atoms with Crippen LogP contribution in [0.1, 0.15) is 69.6 Å². The van der Waals surface area contributed by atoms with E-state index in [1.54, 1.807) is 31.4 Å². The molecule has 3 rings (SSSR count). The lowest BCUT2D eigenvalue weighted by Gasteiger charge is -2.21. The van der Waals surface area contributed by atoms with Crippen molar-refractivity contribution in [2.75, 3.05) is 0 Å². The summed E-state index contributed by atoms with van der Waals surface area (Å²) in [7, 11) is 0. The van der Waals surface area contributed by atoms with E-state index in [2.05, 4.69) is 15.6 Å². The molecule has 172 valence electrons. The van der Waals surface area contributed by atoms with Crippen molar-refractivity contribution in [2.24, 2.45) is 0 Å². The van der Waals surface area contributed by atoms with Gasteiger partial charge in [0.2, 0.25) is 0 Å². The number of aromatic nitrogens is 2. The summed E-state index contributed by atoms with van der Waals surface area (Å²) in [6, 6.07) is 3.89. The summed E-state index contributed by atoms with van der Waals surface area (Å²) in [6.45, 7) is 7.37. The highest BCUT2D eigenvalue weighted by Crippen LogP contribution is 2.17. The van der Waals surface area contributed by atoms with Gasteiger partial charge in [-0.25, -0.2) is 14.6 Å². The number of esters is 1. The number of hydrogen-bond donors (Lipinski definition) is 2. The van der Waals surface area contributed by atoms with Crippen molar-refractivity contribution in [3.05, 3.63) is 39.9 Å². The summed E-state index contributed by atoms with van der Waals surface area (Å²) in [4.78, 5) is 54.1. The molecule has 2 N–H and O–H groups in total. The molecule has 0 bridgehead atoms. The van der Waals surface area contributed by atoms with Crippen LogP contribution < -0.4 is 16.2 Å². The standard InChI is InChI=1S/C23H30N4O5/c1-14(19(28)25-22(31)26-23(2,3)4)32-21(30)15-10-11-16-17(13-15)24-18-9-7-5-6-8-12-27(18)20(16)29/h10-11,13-14H,5-9,12H2,1-4H3,(H2,25,26,28,31). The molecular formula is C23H30N4O5. The number of urea groups is 1. The molecule has 9 nitrogen and oxygen atoms in total. The monoisotopic (exact) mass is 442 g/mol. The van der Waals surface area contributed by atoms with Gasteiger partial charge in [0.15, 0.2) is 6.10 Å². The molecular weight excluding hydrogens is 412 g/mol. The molecule has 1 aromatic heterocycles. The lowest BCUT2D eigenvalue weighted by Crippen LogP contribution is -2.50. The maximum atomic E-state index is 12.9. The SMILES string of the molecule is CC(OC(=O)c1ccc2c(=O)n3c(nc2c1)CCCCCC3)C(=O)NC(=O)NC(C)(C)C. The molecule has 1 unspecified atom stereocenters. The number of carbonyl (C=O) groups excluding carboxylic acids is 3. The zero-order chi connectivity index (χ0) is 23.5. The molecule has 3 amide bonds. The number of benzene rings is 1. The minimum absolute atomic E-state index is 0.107. The van der Waals surface area contributed by atoms with E-state index in [4.69, 9.17) is 4.74 Å². The summed E-state index contributed by atoms with van der Waals surface area (Å²) in [5.74, 6) is -0.747. The second-order valence-electron chi connectivity index (χ2n) is 9.12. The molecule has 0 saturated heterocycles. The van der Waals surface area contributed by atoms with Crippen molar-refractivity contribution in [1.29, 1.82) is 0 Å². The summed E-state index contributed by atoms with van der Waals surface area (Å²) < 4.78 is 6.95. The van der Waals surface area contributed by atoms with E-state index in [9.17, 15) is 19.2 Å². The lowest BCUT2D eigenvalue weighted by molar-refractivity contribution is -0.127. The second-order valence-corrected chi connectivity index (χ2v) is 9.12. The van der Waals surface area contributed by atoms with Gasteiger partial charge >= 0.3 is 12.0 Å². The predicted molar refractivity (Wildman–Crippen MR) is 119 cm³/mol. The van der Waals surface area contributed by atoms with Crippen LogP contribution >= 0.6 is 0 Å². The topological polar surface area (TPSA) is 119 Å². The zero-order valence-corrected chi connectivity index (χ0v) is 19.0. The van der Waals surface area contributed by atoms with Crippen LogP contribution in [0.5, 0.6) is 0 Å². The Labute approximate surface area is 186 Å². The number of imide groups is 1. The van der Waals surface area contributed by atoms with Crippen molar-refractivity contribution in [3.63, 3.8) is 0 Å². The highest BCUT2D eigenvalue weighted by atomic mass is 16.5. The minimum Gasteiger partial charge on any atom is -0.449 e. The van der Waals surface area contributed by atoms with Gasteiger partial charge in [-0.3, -0.25) is 19.5 Å². The Kier molecular flexibility index (Phi) is 6.96. The third-order valence-corrected chi connectivity index (χ3v) is 5.18. The number of nitrogens with zero attached hydrogens (tertiary/aromatic N) is 2. The number of amides is 3. The predicted octanol–water partition coefficient (Wildman–Crippen LogP) is 2.68. The van der Waals surface area contributed by atoms with E-state index < -0.39 is 29.6 Å². The maximum Gasteiger partial charge on any atom is 0.338 e. The Hall–Kier alpha value is -3.23. The average molecular weight is 443 g/mol. The van der Waals surface area contributed by atoms with E-state index in [1.807, 2.05) is 0 Å². The summed E-state index contributed by atoms with van der Waals surface area (Å²) >= 11 is 0. The van der Waals surface area contributed by atoms with Gasteiger partial charge in [-0.1, -0.05) is 12.8 Å². The van der Waals surface area contributed by atoms with Gasteiger partial charge in [0.1, 0.15) is 5.82 Å². The van der Waals surface area contributed by atoms with Crippen LogP contribution in [0.25, 0.3) is 10.9 Å². The zero-order valence-electron chi connectivity index (χ0n) is 19.0. The third-order valence-electron chi connectivity index (χ3n) is 5.18. The molecule has 32 heavy (non-hydrogen) atoms. The number of carbonyl (C=O) groups is 3. The van der Waals surface area contributed by atoms with Gasteiger partial charge in [0.05, 0.1) is 16.5 Å². The first kappa shape index (κ1) is 23.4. The summed E-state index contributed by atoms with van der Waals surface area (Å²) in [6.07, 6.45) is 3.64. The maximum absolute atomic E-state index is 12.9. The molecule has 0 fully saturated rings. The molecule has 1 aliphatic heterocycles. The van der Waals surface area contributed by atoms with Crippen LogP contribution in [0.15, 0.2) is 23.0 Å². The second kappa shape index (κ2) is 9.50. The molecule has 1 atom stereocenters. The van der Waals surface area contributed by atoms with Gasteiger partial charge < -0.3 is 10.1 Å². The Morgan fingerprint density at radius 1 is 1.12 bits per heavy atom. The van der Waals surface area contributed by atoms with Crippen molar-refractivity contribution in [3.8, 4) is 0 Å². The van der Waals surface area contributed by atoms with Crippen LogP contribution in [-0.2, 0) is 22.5 Å². The van der Waals surface area contributed by atoms with Crippen LogP contribution in [0, 0.1) is 0 Å². The largest absolute Gasteiger partial charge is 0.449 e. The third kappa shape index (κ3) is 5.72. The van der Waals surface area contributed by atoms with E-state index in [1.165, 1.54) is 19.1 Å². The van der Waals surface area contributed by atoms with Gasteiger partial charge in [-0.2, -0.15) is 0 Å². The summed E-state index contributed by atoms with van der Waals surface area (Å²) in [5, 5.41) is 5.19. The van der Waals surface area contributed by atoms with Crippen molar-refractivity contribution in [2.45, 2.75) is 78.0 Å². The molecule has 9 heteroatoms. The Morgan fingerprint density at radius 3 is 2.56 bits per heavy atom. The highest BCUT2D eigenvalue weighted by molar-refractivity contribution is 5.99. The molecule has 0 saturated carbocycles. The average Bonchev–Trinajstić information content (AvgIpc) is 2.67. The number of rotatable bonds is 3. The van der Waals surface area contributed by atoms with Crippen molar-refractivity contribution < 1.29 is 19.1 Å². The van der Waals surface area contributed by atoms with Crippen LogP contribution in [-0.4, -0.2) is 39.1 Å². The first-order valence-corrected chi connectivity index (χ1v) is 10.9. The first-order valence-electron chi connectivity index (χ1n) is 10.9.